The molecule has 76 heavy (non-hydrogen) atoms. The number of hydrogen-bond acceptors (Lipinski definition) is 15. The van der Waals surface area contributed by atoms with Crippen LogP contribution in [-0.4, -0.2) is 127 Å². The topological polar surface area (TPSA) is 197 Å². The van der Waals surface area contributed by atoms with Crippen LogP contribution in [0, 0.1) is 11.3 Å². The number of nitrogens with one attached hydrogen (secondary N) is 2. The van der Waals surface area contributed by atoms with Gasteiger partial charge < -0.3 is 48.3 Å². The van der Waals surface area contributed by atoms with Crippen molar-refractivity contribution in [3.63, 3.8) is 0 Å². The van der Waals surface area contributed by atoms with Gasteiger partial charge in [-0.15, -0.1) is 0 Å². The summed E-state index contributed by atoms with van der Waals surface area (Å²) < 4.78 is 90.9. The number of imidazole rings is 1. The predicted molar refractivity (Wildman–Crippen MR) is 279 cm³/mol. The summed E-state index contributed by atoms with van der Waals surface area (Å²) >= 11 is 0. The average molecular weight is 1070 g/mol. The molecule has 1 aliphatic rings. The Morgan fingerprint density at radius 3 is 1.89 bits per heavy atom. The number of benzene rings is 4. The summed E-state index contributed by atoms with van der Waals surface area (Å²) in [6.45, 7) is 7.68. The molecule has 3 heterocycles. The lowest BCUT2D eigenvalue weighted by Gasteiger charge is -2.41. The van der Waals surface area contributed by atoms with Crippen molar-refractivity contribution in [1.82, 2.24) is 34.8 Å². The Hall–Kier alpha value is -6.92. The van der Waals surface area contributed by atoms with Crippen LogP contribution >= 0.6 is 8.53 Å². The fraction of sp³-hybridized carbons (Fsp3) is 0.407. The number of carbonyl (C=O) groups excluding carboxylic acids is 2. The zero-order valence-electron chi connectivity index (χ0n) is 43.7. The Morgan fingerprint density at radius 2 is 1.37 bits per heavy atom. The van der Waals surface area contributed by atoms with Crippen LogP contribution in [0.2, 0.25) is 0 Å². The number of aromatic nitrogens is 4. The van der Waals surface area contributed by atoms with Gasteiger partial charge in [-0.1, -0.05) is 66.7 Å². The van der Waals surface area contributed by atoms with Gasteiger partial charge in [-0.2, -0.15) is 18.4 Å². The molecule has 1 aliphatic heterocycles. The molecule has 1 saturated heterocycles. The maximum atomic E-state index is 15.2. The van der Waals surface area contributed by atoms with Crippen molar-refractivity contribution >= 4 is 37.3 Å². The number of amides is 2. The normalized spacial score (nSPS) is 17.6. The Kier molecular flexibility index (Phi) is 18.9. The summed E-state index contributed by atoms with van der Waals surface area (Å²) in [7, 11) is 6.27. The third-order valence-electron chi connectivity index (χ3n) is 12.7. The lowest BCUT2D eigenvalue weighted by atomic mass is 9.79. The van der Waals surface area contributed by atoms with Crippen molar-refractivity contribution in [3.8, 4) is 23.3 Å². The van der Waals surface area contributed by atoms with Crippen LogP contribution in [0.4, 0.5) is 19.0 Å². The highest BCUT2D eigenvalue weighted by Crippen LogP contribution is 2.50. The number of hydrogen-bond donors (Lipinski definition) is 2. The third kappa shape index (κ3) is 12.8. The number of ether oxygens (including phenoxy) is 5. The van der Waals surface area contributed by atoms with E-state index in [1.807, 2.05) is 106 Å². The minimum absolute atomic E-state index is 0.0440. The van der Waals surface area contributed by atoms with E-state index in [1.165, 1.54) is 19.8 Å². The molecule has 6 atom stereocenters. The first-order chi connectivity index (χ1) is 36.4. The molecule has 22 heteroatoms. The van der Waals surface area contributed by atoms with Gasteiger partial charge in [-0.3, -0.25) is 14.2 Å². The molecule has 6 aromatic rings. The number of nitrogens with zero attached hydrogens (tertiary/aromatic N) is 7. The molecule has 7 rings (SSSR count). The number of nitriles is 1. The lowest BCUT2D eigenvalue weighted by molar-refractivity contribution is -0.174. The van der Waals surface area contributed by atoms with Gasteiger partial charge >= 0.3 is 12.1 Å². The highest BCUT2D eigenvalue weighted by molar-refractivity contribution is 7.44. The van der Waals surface area contributed by atoms with E-state index in [0.717, 1.165) is 0 Å². The van der Waals surface area contributed by atoms with E-state index >= 15 is 4.79 Å². The van der Waals surface area contributed by atoms with Gasteiger partial charge in [0.1, 0.15) is 47.4 Å². The fourth-order valence-electron chi connectivity index (χ4n) is 9.15. The lowest BCUT2D eigenvalue weighted by Crippen LogP contribution is -2.58. The van der Waals surface area contributed by atoms with Gasteiger partial charge in [0.15, 0.2) is 23.2 Å². The number of fused-ring (bicyclic) bond motifs is 1. The number of alkyl halides is 3. The second kappa shape index (κ2) is 25.3. The number of anilines is 1. The van der Waals surface area contributed by atoms with Crippen molar-refractivity contribution in [1.29, 1.82) is 5.26 Å². The minimum Gasteiger partial charge on any atom is -0.497 e. The smallest absolute Gasteiger partial charge is 0.471 e. The van der Waals surface area contributed by atoms with Gasteiger partial charge in [-0.25, -0.2) is 19.6 Å². The molecule has 0 saturated carbocycles. The monoisotopic (exact) mass is 1070 g/mol. The van der Waals surface area contributed by atoms with E-state index in [1.54, 1.807) is 72.2 Å². The van der Waals surface area contributed by atoms with Crippen LogP contribution in [0.3, 0.4) is 0 Å². The van der Waals surface area contributed by atoms with Crippen molar-refractivity contribution < 1.29 is 55.5 Å². The van der Waals surface area contributed by atoms with Crippen molar-refractivity contribution in [3.05, 3.63) is 138 Å². The van der Waals surface area contributed by atoms with Crippen LogP contribution in [0.5, 0.6) is 17.2 Å². The first-order valence-electron chi connectivity index (χ1n) is 24.5. The molecule has 18 nitrogen and oxygen atoms in total. The fourth-order valence-corrected chi connectivity index (χ4v) is 10.8. The molecule has 1 fully saturated rings. The number of carbonyl (C=O) groups is 2. The summed E-state index contributed by atoms with van der Waals surface area (Å²) in [5, 5.41) is 14.5. The summed E-state index contributed by atoms with van der Waals surface area (Å²) in [6, 6.07) is 29.1. The Bertz CT molecular complexity index is 2840. The summed E-state index contributed by atoms with van der Waals surface area (Å²) in [5.41, 5.74) is 1.41. The van der Waals surface area contributed by atoms with Gasteiger partial charge in [0.05, 0.1) is 59.4 Å². The van der Waals surface area contributed by atoms with Crippen molar-refractivity contribution in [2.45, 2.75) is 94.9 Å². The van der Waals surface area contributed by atoms with Crippen molar-refractivity contribution in [2.24, 2.45) is 0 Å². The first kappa shape index (κ1) is 56.8. The van der Waals surface area contributed by atoms with Crippen LogP contribution in [-0.2, 0) is 40.1 Å². The molecule has 2 aromatic heterocycles. The zero-order chi connectivity index (χ0) is 54.7. The van der Waals surface area contributed by atoms with E-state index in [4.69, 9.17) is 37.7 Å². The Morgan fingerprint density at radius 1 is 0.803 bits per heavy atom. The van der Waals surface area contributed by atoms with E-state index in [0.29, 0.717) is 56.5 Å². The molecule has 0 aliphatic carbocycles. The number of methoxy groups -OCH3 is 3. The van der Waals surface area contributed by atoms with Gasteiger partial charge in [0.2, 0.25) is 5.91 Å². The summed E-state index contributed by atoms with van der Waals surface area (Å²) in [6.07, 6.45) is -6.47. The molecule has 0 spiro atoms. The SMILES string of the molecule is COc1ccc(CC(NC(=O)C(F)(F)F)C(=O)N[C@H]2[C@@H](OC(c3ccccc3)(c3ccc(OC)cc3)c3ccc(OC)cc3)[C@H](n3cnc4c(N(C)C)ncnc43)O[C@@H]2COP(OCCC#N)N(C(C)C)C(C)C)cc1. The van der Waals surface area contributed by atoms with Crippen LogP contribution < -0.4 is 29.7 Å². The summed E-state index contributed by atoms with van der Waals surface area (Å²) in [5.74, 6) is -1.24. The number of rotatable bonds is 24. The molecular weight excluding hydrogens is 1010 g/mol. The maximum Gasteiger partial charge on any atom is 0.471 e. The minimum atomic E-state index is -5.34. The summed E-state index contributed by atoms with van der Waals surface area (Å²) in [4.78, 5) is 43.8. The van der Waals surface area contributed by atoms with Gasteiger partial charge in [-0.05, 0) is 86.3 Å². The van der Waals surface area contributed by atoms with E-state index in [-0.39, 0.29) is 38.1 Å². The maximum absolute atomic E-state index is 15.2. The largest absolute Gasteiger partial charge is 0.497 e. The standard InChI is InChI=1S/C54H63F3N9O9P/c1-34(2)66(35(3)4)76(72-29-13-28-58)73-31-44-45(63-50(67)43(62-52(68)54(55,56)57)30-36-16-22-40(69-7)23-17-36)47(51(74-44)65-33-61-46-48(64(5)6)59-32-60-49(46)65)75-53(37-14-11-10-12-15-37,38-18-24-41(70-8)25-19-38)39-20-26-42(71-9)27-21-39/h10-12,14-27,32-35,43-45,47,51H,13,29-31H2,1-9H3,(H,62,68)(H,63,67)/t43?,44-,45-,47-,51-,76?/m1/s1. The zero-order valence-corrected chi connectivity index (χ0v) is 44.6. The van der Waals surface area contributed by atoms with E-state index in [2.05, 4.69) is 21.4 Å². The molecule has 2 unspecified atom stereocenters. The van der Waals surface area contributed by atoms with Gasteiger partial charge in [0, 0.05) is 32.6 Å². The molecule has 404 valence electrons. The molecule has 0 bridgehead atoms. The molecule has 0 radical (unpaired) electrons. The Labute approximate surface area is 441 Å². The highest BCUT2D eigenvalue weighted by Gasteiger charge is 2.54. The first-order valence-corrected chi connectivity index (χ1v) is 25.6. The molecule has 2 amide bonds. The van der Waals surface area contributed by atoms with Crippen LogP contribution in [0.25, 0.3) is 11.2 Å². The highest BCUT2D eigenvalue weighted by atomic mass is 31.2. The average Bonchev–Trinajstić information content (AvgIpc) is 3.99. The van der Waals surface area contributed by atoms with E-state index < -0.39 is 62.6 Å². The number of halogens is 3. The third-order valence-corrected chi connectivity index (χ3v) is 14.7. The predicted octanol–water partition coefficient (Wildman–Crippen LogP) is 8.26. The Balaban J connectivity index is 1.48. The van der Waals surface area contributed by atoms with Gasteiger partial charge in [0.25, 0.3) is 8.53 Å². The molecule has 4 aromatic carbocycles. The quantitative estimate of drug-likeness (QED) is 0.0334. The second-order valence-corrected chi connectivity index (χ2v) is 20.0. The van der Waals surface area contributed by atoms with Crippen molar-refractivity contribution in [2.75, 3.05) is 53.5 Å². The molecule has 2 N–H and O–H groups in total. The van der Waals surface area contributed by atoms with Crippen LogP contribution in [0.15, 0.2) is 116 Å². The molecular formula is C54H63F3N9O9P. The van der Waals surface area contributed by atoms with Crippen LogP contribution in [0.1, 0.15) is 62.6 Å². The van der Waals surface area contributed by atoms with E-state index in [9.17, 15) is 23.2 Å². The second-order valence-electron chi connectivity index (χ2n) is 18.5.